The van der Waals surface area contributed by atoms with E-state index in [4.69, 9.17) is 20.8 Å². The normalized spacial score (nSPS) is 10.8. The molecule has 0 saturated carbocycles. The van der Waals surface area contributed by atoms with E-state index in [9.17, 15) is 14.9 Å². The summed E-state index contributed by atoms with van der Waals surface area (Å²) >= 11 is 8.42. The number of carbonyl (C=O) groups excluding carboxylic acids is 1. The molecule has 0 aliphatic carbocycles. The second kappa shape index (κ2) is 9.47. The summed E-state index contributed by atoms with van der Waals surface area (Å²) in [5.74, 6) is -0.410. The summed E-state index contributed by atoms with van der Waals surface area (Å²) in [5, 5.41) is 21.7. The molecule has 0 fully saturated rings. The van der Waals surface area contributed by atoms with Crippen molar-refractivity contribution in [2.45, 2.75) is 22.8 Å². The number of aromatic nitrogens is 3. The second-order valence-corrected chi connectivity index (χ2v) is 8.96. The Morgan fingerprint density at radius 2 is 2.03 bits per heavy atom. The molecule has 9 nitrogen and oxygen atoms in total. The van der Waals surface area contributed by atoms with E-state index in [1.54, 1.807) is 24.3 Å². The smallest absolute Gasteiger partial charge is 0.338 e. The maximum atomic E-state index is 12.4. The lowest BCUT2D eigenvalue weighted by molar-refractivity contribution is -0.387. The van der Waals surface area contributed by atoms with Crippen LogP contribution in [0.3, 0.4) is 0 Å². The van der Waals surface area contributed by atoms with E-state index in [2.05, 4.69) is 15.2 Å². The predicted molar refractivity (Wildman–Crippen MR) is 118 cm³/mol. The molecule has 0 bridgehead atoms. The maximum Gasteiger partial charge on any atom is 0.338 e. The molecule has 0 N–H and O–H groups in total. The minimum atomic E-state index is -0.749. The number of carbonyl (C=O) groups is 1. The Hall–Kier alpha value is -3.28. The van der Waals surface area contributed by atoms with E-state index in [1.165, 1.54) is 41.3 Å². The highest BCUT2D eigenvalue weighted by Gasteiger charge is 2.21. The molecule has 12 heteroatoms. The quantitative estimate of drug-likeness (QED) is 0.186. The fraction of sp³-hybridized carbons (Fsp3) is 0.100. The monoisotopic (exact) mass is 488 g/mol. The molecule has 32 heavy (non-hydrogen) atoms. The summed E-state index contributed by atoms with van der Waals surface area (Å²) in [6.45, 7) is 1.57. The van der Waals surface area contributed by atoms with Crippen LogP contribution in [0.25, 0.3) is 11.5 Å². The number of aryl methyl sites for hydroxylation is 1. The third-order valence-electron chi connectivity index (χ3n) is 4.07. The Balaban J connectivity index is 1.44. The summed E-state index contributed by atoms with van der Waals surface area (Å²) < 4.78 is 11.3. The summed E-state index contributed by atoms with van der Waals surface area (Å²) in [4.78, 5) is 28.1. The number of nitrogens with zero attached hydrogens (tertiary/aromatic N) is 4. The lowest BCUT2D eigenvalue weighted by Crippen LogP contribution is -2.06. The second-order valence-electron chi connectivity index (χ2n) is 6.38. The molecule has 2 aromatic carbocycles. The first-order valence-corrected chi connectivity index (χ1v) is 11.1. The van der Waals surface area contributed by atoms with Crippen LogP contribution in [-0.4, -0.2) is 26.1 Å². The highest BCUT2D eigenvalue weighted by atomic mass is 35.5. The number of thiazole rings is 1. The number of ether oxygens (including phenoxy) is 1. The van der Waals surface area contributed by atoms with Gasteiger partial charge in [0.25, 0.3) is 11.6 Å². The van der Waals surface area contributed by atoms with Crippen molar-refractivity contribution in [3.05, 3.63) is 80.1 Å². The molecule has 0 aliphatic rings. The lowest BCUT2D eigenvalue weighted by Gasteiger charge is -2.05. The van der Waals surface area contributed by atoms with Crippen LogP contribution >= 0.6 is 34.7 Å². The molecule has 0 unspecified atom stereocenters. The van der Waals surface area contributed by atoms with E-state index in [1.807, 2.05) is 12.3 Å². The third kappa shape index (κ3) is 5.13. The Morgan fingerprint density at radius 3 is 2.72 bits per heavy atom. The van der Waals surface area contributed by atoms with Crippen LogP contribution < -0.4 is 0 Å². The van der Waals surface area contributed by atoms with Gasteiger partial charge in [-0.15, -0.1) is 21.5 Å². The molecule has 0 atom stereocenters. The number of nitro benzene ring substituents is 1. The van der Waals surface area contributed by atoms with Crippen LogP contribution in [0.4, 0.5) is 5.69 Å². The van der Waals surface area contributed by atoms with E-state index < -0.39 is 10.9 Å². The first-order chi connectivity index (χ1) is 15.4. The molecular formula is C20H13ClN4O5S2. The van der Waals surface area contributed by atoms with Gasteiger partial charge in [-0.2, -0.15) is 0 Å². The van der Waals surface area contributed by atoms with E-state index in [0.29, 0.717) is 19.8 Å². The summed E-state index contributed by atoms with van der Waals surface area (Å²) in [6, 6.07) is 11.0. The fourth-order valence-corrected chi connectivity index (χ4v) is 4.58. The summed E-state index contributed by atoms with van der Waals surface area (Å²) in [7, 11) is 0. The summed E-state index contributed by atoms with van der Waals surface area (Å²) in [6.07, 6.45) is 0. The minimum absolute atomic E-state index is 0.0359. The SMILES string of the molecule is Cc1csc(Sc2ccc(C(=O)OCc3nnc(-c4ccc(Cl)cc4)o3)cc2[N+](=O)[O-])n1. The Labute approximate surface area is 194 Å². The third-order valence-corrected chi connectivity index (χ3v) is 6.44. The molecule has 0 aliphatic heterocycles. The Bertz CT molecular complexity index is 1290. The van der Waals surface area contributed by atoms with Crippen LogP contribution in [0.5, 0.6) is 0 Å². The minimum Gasteiger partial charge on any atom is -0.452 e. The number of halogens is 1. The lowest BCUT2D eigenvalue weighted by atomic mass is 10.2. The average molecular weight is 489 g/mol. The molecule has 0 spiro atoms. The first kappa shape index (κ1) is 21.9. The van der Waals surface area contributed by atoms with Crippen molar-refractivity contribution in [2.24, 2.45) is 0 Å². The van der Waals surface area contributed by atoms with Gasteiger partial charge in [-0.1, -0.05) is 23.4 Å². The van der Waals surface area contributed by atoms with Gasteiger partial charge in [0.1, 0.15) is 0 Å². The number of nitro groups is 1. The number of hydrogen-bond acceptors (Lipinski definition) is 10. The molecular weight excluding hydrogens is 476 g/mol. The number of hydrogen-bond donors (Lipinski definition) is 0. The average Bonchev–Trinajstić information content (AvgIpc) is 3.41. The fourth-order valence-electron chi connectivity index (χ4n) is 2.58. The number of rotatable bonds is 7. The zero-order chi connectivity index (χ0) is 22.7. The highest BCUT2D eigenvalue weighted by Crippen LogP contribution is 2.37. The van der Waals surface area contributed by atoms with Crippen molar-refractivity contribution < 1.29 is 18.9 Å². The molecule has 2 aromatic heterocycles. The van der Waals surface area contributed by atoms with E-state index in [-0.39, 0.29) is 29.6 Å². The van der Waals surface area contributed by atoms with Crippen LogP contribution in [-0.2, 0) is 11.3 Å². The van der Waals surface area contributed by atoms with Crippen molar-refractivity contribution in [1.82, 2.24) is 15.2 Å². The van der Waals surface area contributed by atoms with Crippen molar-refractivity contribution in [3.8, 4) is 11.5 Å². The molecule has 0 saturated heterocycles. The number of benzene rings is 2. The molecule has 4 aromatic rings. The van der Waals surface area contributed by atoms with Gasteiger partial charge in [0.15, 0.2) is 10.9 Å². The van der Waals surface area contributed by atoms with Gasteiger partial charge in [0.05, 0.1) is 15.4 Å². The molecule has 4 rings (SSSR count). The molecule has 0 radical (unpaired) electrons. The van der Waals surface area contributed by atoms with Gasteiger partial charge >= 0.3 is 5.97 Å². The largest absolute Gasteiger partial charge is 0.452 e. The van der Waals surface area contributed by atoms with Gasteiger partial charge in [0, 0.05) is 27.7 Å². The van der Waals surface area contributed by atoms with Crippen LogP contribution in [0.2, 0.25) is 5.02 Å². The predicted octanol–water partition coefficient (Wildman–Crippen LogP) is 5.57. The van der Waals surface area contributed by atoms with Crippen molar-refractivity contribution in [2.75, 3.05) is 0 Å². The van der Waals surface area contributed by atoms with Gasteiger partial charge < -0.3 is 9.15 Å². The summed E-state index contributed by atoms with van der Waals surface area (Å²) in [5.41, 5.74) is 1.33. The molecule has 162 valence electrons. The molecule has 0 amide bonds. The van der Waals surface area contributed by atoms with Crippen LogP contribution in [0.15, 0.2) is 61.5 Å². The zero-order valence-electron chi connectivity index (χ0n) is 16.4. The van der Waals surface area contributed by atoms with Crippen molar-refractivity contribution in [3.63, 3.8) is 0 Å². The van der Waals surface area contributed by atoms with Crippen LogP contribution in [0, 0.1) is 17.0 Å². The van der Waals surface area contributed by atoms with Gasteiger partial charge in [-0.25, -0.2) is 9.78 Å². The van der Waals surface area contributed by atoms with Crippen LogP contribution in [0.1, 0.15) is 21.9 Å². The van der Waals surface area contributed by atoms with E-state index >= 15 is 0 Å². The van der Waals surface area contributed by atoms with E-state index in [0.717, 1.165) is 5.69 Å². The van der Waals surface area contributed by atoms with Crippen molar-refractivity contribution in [1.29, 1.82) is 0 Å². The van der Waals surface area contributed by atoms with Crippen molar-refractivity contribution >= 4 is 46.4 Å². The highest BCUT2D eigenvalue weighted by molar-refractivity contribution is 8.01. The first-order valence-electron chi connectivity index (χ1n) is 9.03. The standard InChI is InChI=1S/C20H13ClN4O5S2/c1-11-10-31-20(22-11)32-16-7-4-13(8-15(16)25(27)28)19(26)29-9-17-23-24-18(30-17)12-2-5-14(21)6-3-12/h2-8,10H,9H2,1H3. The Morgan fingerprint density at radius 1 is 1.25 bits per heavy atom. The molecule has 2 heterocycles. The van der Waals surface area contributed by atoms with Gasteiger partial charge in [-0.05, 0) is 43.3 Å². The van der Waals surface area contributed by atoms with Gasteiger partial charge in [0.2, 0.25) is 5.89 Å². The van der Waals surface area contributed by atoms with Gasteiger partial charge in [-0.3, -0.25) is 10.1 Å². The Kier molecular flexibility index (Phi) is 6.49. The topological polar surface area (TPSA) is 121 Å². The zero-order valence-corrected chi connectivity index (χ0v) is 18.7. The maximum absolute atomic E-state index is 12.4. The number of esters is 1.